The van der Waals surface area contributed by atoms with E-state index in [1.807, 2.05) is 18.2 Å². The first-order valence-electron chi connectivity index (χ1n) is 6.44. The van der Waals surface area contributed by atoms with Gasteiger partial charge in [0.05, 0.1) is 31.5 Å². The average Bonchev–Trinajstić information content (AvgIpc) is 2.55. The van der Waals surface area contributed by atoms with Crippen LogP contribution >= 0.6 is 0 Å². The van der Waals surface area contributed by atoms with Gasteiger partial charge in [-0.2, -0.15) is 9.78 Å². The molecule has 3 aromatic rings. The van der Waals surface area contributed by atoms with Gasteiger partial charge in [0.2, 0.25) is 0 Å². The molecule has 0 N–H and O–H groups in total. The highest BCUT2D eigenvalue weighted by molar-refractivity contribution is 5.80. The minimum atomic E-state index is -0.166. The number of benzene rings is 2. The predicted octanol–water partition coefficient (Wildman–Crippen LogP) is 2.40. The third-order valence-corrected chi connectivity index (χ3v) is 3.31. The van der Waals surface area contributed by atoms with Gasteiger partial charge in [-0.15, -0.1) is 0 Å². The second-order valence-electron chi connectivity index (χ2n) is 4.49. The van der Waals surface area contributed by atoms with Crippen LogP contribution in [0, 0.1) is 0 Å². The van der Waals surface area contributed by atoms with Crippen molar-refractivity contribution in [2.45, 2.75) is 0 Å². The van der Waals surface area contributed by atoms with Gasteiger partial charge in [-0.3, -0.25) is 4.79 Å². The van der Waals surface area contributed by atoms with Gasteiger partial charge in [-0.25, -0.2) is 0 Å². The van der Waals surface area contributed by atoms with E-state index in [0.717, 1.165) is 5.39 Å². The standard InChI is InChI=1S/C16H14N2O3/c1-20-14-8-7-12(9-15(14)21-2)18-16(19)13-6-4-3-5-11(13)10-17-18/h3-10H,1-2H3. The second kappa shape index (κ2) is 5.28. The molecule has 1 aromatic heterocycles. The highest BCUT2D eigenvalue weighted by Gasteiger charge is 2.09. The van der Waals surface area contributed by atoms with Crippen LogP contribution in [0.1, 0.15) is 0 Å². The first-order valence-corrected chi connectivity index (χ1v) is 6.44. The SMILES string of the molecule is COc1ccc(-n2ncc3ccccc3c2=O)cc1OC. The fraction of sp³-hybridized carbons (Fsp3) is 0.125. The van der Waals surface area contributed by atoms with E-state index >= 15 is 0 Å². The van der Waals surface area contributed by atoms with Gasteiger partial charge in [-0.1, -0.05) is 18.2 Å². The summed E-state index contributed by atoms with van der Waals surface area (Å²) in [7, 11) is 3.12. The van der Waals surface area contributed by atoms with Gasteiger partial charge >= 0.3 is 0 Å². The van der Waals surface area contributed by atoms with Crippen molar-refractivity contribution in [1.29, 1.82) is 0 Å². The average molecular weight is 282 g/mol. The summed E-state index contributed by atoms with van der Waals surface area (Å²) in [5.74, 6) is 1.16. The lowest BCUT2D eigenvalue weighted by molar-refractivity contribution is 0.354. The van der Waals surface area contributed by atoms with Gasteiger partial charge in [0.15, 0.2) is 11.5 Å². The van der Waals surface area contributed by atoms with Crippen molar-refractivity contribution in [3.05, 3.63) is 59.0 Å². The largest absolute Gasteiger partial charge is 0.493 e. The maximum absolute atomic E-state index is 12.5. The molecular formula is C16H14N2O3. The van der Waals surface area contributed by atoms with E-state index in [-0.39, 0.29) is 5.56 Å². The highest BCUT2D eigenvalue weighted by atomic mass is 16.5. The molecule has 0 saturated carbocycles. The molecule has 0 bridgehead atoms. The number of hydrogen-bond donors (Lipinski definition) is 0. The number of fused-ring (bicyclic) bond motifs is 1. The normalized spacial score (nSPS) is 10.6. The Labute approximate surface area is 121 Å². The van der Waals surface area contributed by atoms with E-state index in [1.165, 1.54) is 4.68 Å². The summed E-state index contributed by atoms with van der Waals surface area (Å²) in [4.78, 5) is 12.5. The number of methoxy groups -OCH3 is 2. The Bertz CT molecular complexity index is 856. The van der Waals surface area contributed by atoms with Gasteiger partial charge in [0.25, 0.3) is 5.56 Å². The van der Waals surface area contributed by atoms with Crippen molar-refractivity contribution in [1.82, 2.24) is 9.78 Å². The Morgan fingerprint density at radius 2 is 1.76 bits per heavy atom. The monoisotopic (exact) mass is 282 g/mol. The van der Waals surface area contributed by atoms with Crippen molar-refractivity contribution in [3.63, 3.8) is 0 Å². The Kier molecular flexibility index (Phi) is 3.31. The van der Waals surface area contributed by atoms with Gasteiger partial charge in [0.1, 0.15) is 0 Å². The molecule has 0 aliphatic carbocycles. The molecule has 0 amide bonds. The van der Waals surface area contributed by atoms with Crippen LogP contribution in [-0.4, -0.2) is 24.0 Å². The maximum Gasteiger partial charge on any atom is 0.279 e. The molecule has 21 heavy (non-hydrogen) atoms. The van der Waals surface area contributed by atoms with Crippen molar-refractivity contribution in [2.75, 3.05) is 14.2 Å². The van der Waals surface area contributed by atoms with E-state index in [4.69, 9.17) is 9.47 Å². The van der Waals surface area contributed by atoms with Crippen molar-refractivity contribution < 1.29 is 9.47 Å². The summed E-state index contributed by atoms with van der Waals surface area (Å²) >= 11 is 0. The van der Waals surface area contributed by atoms with Crippen LogP contribution in [0.15, 0.2) is 53.5 Å². The molecule has 0 radical (unpaired) electrons. The lowest BCUT2D eigenvalue weighted by Gasteiger charge is -2.10. The first kappa shape index (κ1) is 13.2. The van der Waals surface area contributed by atoms with Gasteiger partial charge in [0, 0.05) is 11.5 Å². The highest BCUT2D eigenvalue weighted by Crippen LogP contribution is 2.28. The van der Waals surface area contributed by atoms with Crippen LogP contribution in [0.4, 0.5) is 0 Å². The lowest BCUT2D eigenvalue weighted by atomic mass is 10.2. The molecular weight excluding hydrogens is 268 g/mol. The lowest BCUT2D eigenvalue weighted by Crippen LogP contribution is -2.20. The summed E-state index contributed by atoms with van der Waals surface area (Å²) in [6.07, 6.45) is 1.67. The summed E-state index contributed by atoms with van der Waals surface area (Å²) in [5, 5.41) is 5.66. The molecule has 0 atom stereocenters. The van der Waals surface area contributed by atoms with Crippen molar-refractivity contribution in [3.8, 4) is 17.2 Å². The first-order chi connectivity index (χ1) is 10.2. The Balaban J connectivity index is 2.21. The maximum atomic E-state index is 12.5. The van der Waals surface area contributed by atoms with Crippen LogP contribution in [0.2, 0.25) is 0 Å². The molecule has 0 unspecified atom stereocenters. The summed E-state index contributed by atoms with van der Waals surface area (Å²) in [5.41, 5.74) is 0.462. The molecule has 106 valence electrons. The molecule has 0 saturated heterocycles. The number of aromatic nitrogens is 2. The Hall–Kier alpha value is -2.82. The minimum absolute atomic E-state index is 0.166. The van der Waals surface area contributed by atoms with E-state index in [1.54, 1.807) is 44.7 Å². The number of hydrogen-bond acceptors (Lipinski definition) is 4. The molecule has 5 nitrogen and oxygen atoms in total. The molecule has 1 heterocycles. The third kappa shape index (κ3) is 2.23. The van der Waals surface area contributed by atoms with Crippen LogP contribution in [0.3, 0.4) is 0 Å². The van der Waals surface area contributed by atoms with E-state index in [0.29, 0.717) is 22.6 Å². The molecule has 3 rings (SSSR count). The zero-order valence-corrected chi connectivity index (χ0v) is 11.7. The topological polar surface area (TPSA) is 53.4 Å². The summed E-state index contributed by atoms with van der Waals surface area (Å²) < 4.78 is 11.8. The van der Waals surface area contributed by atoms with Crippen molar-refractivity contribution >= 4 is 10.8 Å². The minimum Gasteiger partial charge on any atom is -0.493 e. The van der Waals surface area contributed by atoms with E-state index in [2.05, 4.69) is 5.10 Å². The molecule has 2 aromatic carbocycles. The number of ether oxygens (including phenoxy) is 2. The quantitative estimate of drug-likeness (QED) is 0.740. The zero-order valence-electron chi connectivity index (χ0n) is 11.7. The summed E-state index contributed by atoms with van der Waals surface area (Å²) in [6.45, 7) is 0. The molecule has 5 heteroatoms. The van der Waals surface area contributed by atoms with E-state index in [9.17, 15) is 4.79 Å². The van der Waals surface area contributed by atoms with Crippen LogP contribution < -0.4 is 15.0 Å². The Morgan fingerprint density at radius 1 is 1.00 bits per heavy atom. The molecule has 0 aliphatic heterocycles. The fourth-order valence-electron chi connectivity index (χ4n) is 2.23. The smallest absolute Gasteiger partial charge is 0.279 e. The Morgan fingerprint density at radius 3 is 2.52 bits per heavy atom. The van der Waals surface area contributed by atoms with E-state index < -0.39 is 0 Å². The van der Waals surface area contributed by atoms with Crippen molar-refractivity contribution in [2.24, 2.45) is 0 Å². The molecule has 0 fully saturated rings. The predicted molar refractivity (Wildman–Crippen MR) is 80.4 cm³/mol. The second-order valence-corrected chi connectivity index (χ2v) is 4.49. The molecule has 0 aliphatic rings. The summed E-state index contributed by atoms with van der Waals surface area (Å²) in [6, 6.07) is 12.6. The zero-order chi connectivity index (χ0) is 14.8. The van der Waals surface area contributed by atoms with Gasteiger partial charge in [-0.05, 0) is 18.2 Å². The third-order valence-electron chi connectivity index (χ3n) is 3.31. The molecule has 0 spiro atoms. The fourth-order valence-corrected chi connectivity index (χ4v) is 2.23. The van der Waals surface area contributed by atoms with Crippen LogP contribution in [0.25, 0.3) is 16.5 Å². The number of nitrogens with zero attached hydrogens (tertiary/aromatic N) is 2. The van der Waals surface area contributed by atoms with Crippen LogP contribution in [-0.2, 0) is 0 Å². The number of rotatable bonds is 3. The van der Waals surface area contributed by atoms with Gasteiger partial charge < -0.3 is 9.47 Å². The van der Waals surface area contributed by atoms with Crippen LogP contribution in [0.5, 0.6) is 11.5 Å².